The number of nitrogens with one attached hydrogen (secondary N) is 2. The lowest BCUT2D eigenvalue weighted by Gasteiger charge is -2.09. The highest BCUT2D eigenvalue weighted by Crippen LogP contribution is 2.22. The zero-order chi connectivity index (χ0) is 12.1. The van der Waals surface area contributed by atoms with Crippen LogP contribution in [-0.2, 0) is 13.0 Å². The van der Waals surface area contributed by atoms with Gasteiger partial charge < -0.3 is 10.6 Å². The van der Waals surface area contributed by atoms with Crippen LogP contribution in [0.5, 0.6) is 0 Å². The standard InChI is InChI=1S/C14H21ClN2/c1-2-16-8-7-11-3-6-14(15)12(9-11)10-17-13-4-5-13/h3,6,9,13,16-17H,2,4-5,7-8,10H2,1H3. The average Bonchev–Trinajstić information content (AvgIpc) is 3.14. The highest BCUT2D eigenvalue weighted by atomic mass is 35.5. The van der Waals surface area contributed by atoms with Gasteiger partial charge in [-0.15, -0.1) is 0 Å². The summed E-state index contributed by atoms with van der Waals surface area (Å²) in [7, 11) is 0. The Morgan fingerprint density at radius 3 is 2.88 bits per heavy atom. The van der Waals surface area contributed by atoms with Crippen molar-refractivity contribution in [2.75, 3.05) is 13.1 Å². The molecule has 0 spiro atoms. The van der Waals surface area contributed by atoms with Crippen LogP contribution < -0.4 is 10.6 Å². The van der Waals surface area contributed by atoms with E-state index in [2.05, 4.69) is 29.7 Å². The van der Waals surface area contributed by atoms with Crippen LogP contribution in [0.4, 0.5) is 0 Å². The monoisotopic (exact) mass is 252 g/mol. The van der Waals surface area contributed by atoms with Gasteiger partial charge in [0.05, 0.1) is 0 Å². The van der Waals surface area contributed by atoms with Gasteiger partial charge in [0.25, 0.3) is 0 Å². The fourth-order valence-corrected chi connectivity index (χ4v) is 2.05. The van der Waals surface area contributed by atoms with Crippen LogP contribution in [0.1, 0.15) is 30.9 Å². The summed E-state index contributed by atoms with van der Waals surface area (Å²) in [6, 6.07) is 7.11. The first-order chi connectivity index (χ1) is 8.29. The Hall–Kier alpha value is -0.570. The molecule has 17 heavy (non-hydrogen) atoms. The van der Waals surface area contributed by atoms with Gasteiger partial charge in [-0.05, 0) is 49.5 Å². The number of hydrogen-bond acceptors (Lipinski definition) is 2. The third-order valence-corrected chi connectivity index (χ3v) is 3.48. The SMILES string of the molecule is CCNCCc1ccc(Cl)c(CNC2CC2)c1. The molecule has 0 saturated heterocycles. The van der Waals surface area contributed by atoms with Gasteiger partial charge in [0, 0.05) is 17.6 Å². The van der Waals surface area contributed by atoms with E-state index in [1.165, 1.54) is 24.0 Å². The van der Waals surface area contributed by atoms with E-state index in [9.17, 15) is 0 Å². The first-order valence-corrected chi connectivity index (χ1v) is 6.89. The minimum absolute atomic E-state index is 0.733. The second-order valence-corrected chi connectivity index (χ2v) is 5.09. The molecular weight excluding hydrogens is 232 g/mol. The van der Waals surface area contributed by atoms with E-state index in [0.717, 1.165) is 37.1 Å². The van der Waals surface area contributed by atoms with Crippen molar-refractivity contribution in [3.05, 3.63) is 34.3 Å². The second-order valence-electron chi connectivity index (χ2n) is 4.68. The van der Waals surface area contributed by atoms with Crippen LogP contribution in [0.3, 0.4) is 0 Å². The molecule has 1 aromatic carbocycles. The molecule has 0 amide bonds. The average molecular weight is 253 g/mol. The van der Waals surface area contributed by atoms with E-state index < -0.39 is 0 Å². The maximum atomic E-state index is 6.21. The molecule has 2 N–H and O–H groups in total. The number of benzene rings is 1. The number of likely N-dealkylation sites (N-methyl/N-ethyl adjacent to an activating group) is 1. The molecule has 2 rings (SSSR count). The van der Waals surface area contributed by atoms with E-state index in [1.807, 2.05) is 6.07 Å². The number of hydrogen-bond donors (Lipinski definition) is 2. The summed E-state index contributed by atoms with van der Waals surface area (Å²) in [4.78, 5) is 0. The fraction of sp³-hybridized carbons (Fsp3) is 0.571. The first kappa shape index (κ1) is 12.9. The molecule has 2 nitrogen and oxygen atoms in total. The van der Waals surface area contributed by atoms with Crippen LogP contribution >= 0.6 is 11.6 Å². The number of halogens is 1. The van der Waals surface area contributed by atoms with E-state index in [-0.39, 0.29) is 0 Å². The Labute approximate surface area is 109 Å². The van der Waals surface area contributed by atoms with Gasteiger partial charge in [-0.25, -0.2) is 0 Å². The summed E-state index contributed by atoms with van der Waals surface area (Å²) in [5, 5.41) is 7.73. The minimum atomic E-state index is 0.733. The van der Waals surface area contributed by atoms with E-state index in [0.29, 0.717) is 0 Å². The molecule has 0 aliphatic heterocycles. The Bertz CT molecular complexity index is 361. The predicted molar refractivity (Wildman–Crippen MR) is 73.6 cm³/mol. The second kappa shape index (κ2) is 6.39. The maximum absolute atomic E-state index is 6.21. The predicted octanol–water partition coefficient (Wildman–Crippen LogP) is 2.74. The zero-order valence-electron chi connectivity index (χ0n) is 10.4. The lowest BCUT2D eigenvalue weighted by Crippen LogP contribution is -2.17. The van der Waals surface area contributed by atoms with Crippen molar-refractivity contribution in [1.29, 1.82) is 0 Å². The Morgan fingerprint density at radius 2 is 2.18 bits per heavy atom. The van der Waals surface area contributed by atoms with Gasteiger partial charge >= 0.3 is 0 Å². The van der Waals surface area contributed by atoms with Crippen LogP contribution in [0, 0.1) is 0 Å². The lowest BCUT2D eigenvalue weighted by molar-refractivity contribution is 0.685. The molecule has 1 saturated carbocycles. The minimum Gasteiger partial charge on any atom is -0.317 e. The summed E-state index contributed by atoms with van der Waals surface area (Å²) in [5.74, 6) is 0. The normalized spacial score (nSPS) is 15.2. The third-order valence-electron chi connectivity index (χ3n) is 3.11. The van der Waals surface area contributed by atoms with Crippen molar-refractivity contribution in [2.45, 2.75) is 38.8 Å². The van der Waals surface area contributed by atoms with Crippen molar-refractivity contribution >= 4 is 11.6 Å². The molecule has 1 fully saturated rings. The molecule has 0 bridgehead atoms. The van der Waals surface area contributed by atoms with E-state index >= 15 is 0 Å². The summed E-state index contributed by atoms with van der Waals surface area (Å²) < 4.78 is 0. The van der Waals surface area contributed by atoms with Gasteiger partial charge in [0.1, 0.15) is 0 Å². The zero-order valence-corrected chi connectivity index (χ0v) is 11.2. The lowest BCUT2D eigenvalue weighted by atomic mass is 10.1. The molecule has 0 aromatic heterocycles. The van der Waals surface area contributed by atoms with E-state index in [4.69, 9.17) is 11.6 Å². The van der Waals surface area contributed by atoms with Crippen LogP contribution in [0.2, 0.25) is 5.02 Å². The summed E-state index contributed by atoms with van der Waals surface area (Å²) in [5.41, 5.74) is 2.59. The van der Waals surface area contributed by atoms with Crippen molar-refractivity contribution in [1.82, 2.24) is 10.6 Å². The van der Waals surface area contributed by atoms with E-state index in [1.54, 1.807) is 0 Å². The smallest absolute Gasteiger partial charge is 0.0451 e. The first-order valence-electron chi connectivity index (χ1n) is 6.51. The molecule has 1 aromatic rings. The van der Waals surface area contributed by atoms with Crippen molar-refractivity contribution in [3.8, 4) is 0 Å². The Balaban J connectivity index is 1.90. The van der Waals surface area contributed by atoms with Crippen LogP contribution in [0.15, 0.2) is 18.2 Å². The van der Waals surface area contributed by atoms with Gasteiger partial charge in [0.2, 0.25) is 0 Å². The summed E-state index contributed by atoms with van der Waals surface area (Å²) in [6.07, 6.45) is 3.71. The Morgan fingerprint density at radius 1 is 1.35 bits per heavy atom. The molecule has 0 atom stereocenters. The van der Waals surface area contributed by atoms with Gasteiger partial charge in [-0.1, -0.05) is 30.7 Å². The van der Waals surface area contributed by atoms with Gasteiger partial charge in [-0.3, -0.25) is 0 Å². The van der Waals surface area contributed by atoms with Gasteiger partial charge in [-0.2, -0.15) is 0 Å². The number of rotatable bonds is 7. The van der Waals surface area contributed by atoms with Crippen LogP contribution in [0.25, 0.3) is 0 Å². The molecular formula is C14H21ClN2. The molecule has 0 unspecified atom stereocenters. The molecule has 1 aliphatic carbocycles. The Kier molecular flexibility index (Phi) is 4.84. The molecule has 0 radical (unpaired) electrons. The van der Waals surface area contributed by atoms with Crippen molar-refractivity contribution < 1.29 is 0 Å². The summed E-state index contributed by atoms with van der Waals surface area (Å²) in [6.45, 7) is 5.10. The quantitative estimate of drug-likeness (QED) is 0.730. The van der Waals surface area contributed by atoms with Gasteiger partial charge in [0.15, 0.2) is 0 Å². The van der Waals surface area contributed by atoms with Crippen LogP contribution in [-0.4, -0.2) is 19.1 Å². The fourth-order valence-electron chi connectivity index (χ4n) is 1.87. The largest absolute Gasteiger partial charge is 0.317 e. The molecule has 3 heteroatoms. The van der Waals surface area contributed by atoms with Crippen molar-refractivity contribution in [2.24, 2.45) is 0 Å². The highest BCUT2D eigenvalue weighted by Gasteiger charge is 2.20. The molecule has 94 valence electrons. The molecule has 0 heterocycles. The highest BCUT2D eigenvalue weighted by molar-refractivity contribution is 6.31. The topological polar surface area (TPSA) is 24.1 Å². The van der Waals surface area contributed by atoms with Crippen molar-refractivity contribution in [3.63, 3.8) is 0 Å². The maximum Gasteiger partial charge on any atom is 0.0451 e. The summed E-state index contributed by atoms with van der Waals surface area (Å²) >= 11 is 6.21. The molecule has 1 aliphatic rings. The third kappa shape index (κ3) is 4.30.